The lowest BCUT2D eigenvalue weighted by Gasteiger charge is -2.26. The zero-order valence-corrected chi connectivity index (χ0v) is 22.2. The van der Waals surface area contributed by atoms with Gasteiger partial charge in [-0.2, -0.15) is 0 Å². The number of ether oxygens (including phenoxy) is 3. The van der Waals surface area contributed by atoms with E-state index in [1.165, 1.54) is 25.2 Å². The number of ketones is 1. The predicted octanol–water partition coefficient (Wildman–Crippen LogP) is 6.34. The molecule has 1 amide bonds. The molecule has 1 aliphatic rings. The number of hydrogen-bond acceptors (Lipinski definition) is 6. The number of methoxy groups -OCH3 is 2. The van der Waals surface area contributed by atoms with Crippen molar-refractivity contribution in [1.29, 1.82) is 0 Å². The Labute approximate surface area is 224 Å². The van der Waals surface area contributed by atoms with Crippen molar-refractivity contribution in [2.75, 3.05) is 25.7 Å². The summed E-state index contributed by atoms with van der Waals surface area (Å²) in [5.41, 5.74) is 1.93. The maximum absolute atomic E-state index is 13.5. The normalized spacial score (nSPS) is 16.7. The molecule has 3 aromatic carbocycles. The van der Waals surface area contributed by atoms with Crippen LogP contribution >= 0.6 is 23.2 Å². The highest BCUT2D eigenvalue weighted by molar-refractivity contribution is 6.52. The van der Waals surface area contributed by atoms with Crippen LogP contribution in [-0.2, 0) is 9.59 Å². The number of amides is 1. The first-order valence-corrected chi connectivity index (χ1v) is 12.2. The van der Waals surface area contributed by atoms with Gasteiger partial charge >= 0.3 is 0 Å². The Morgan fingerprint density at radius 2 is 1.68 bits per heavy atom. The monoisotopic (exact) mass is 541 g/mol. The largest absolute Gasteiger partial charge is 0.507 e. The topological polar surface area (TPSA) is 85.3 Å². The van der Waals surface area contributed by atoms with E-state index in [1.54, 1.807) is 42.5 Å². The van der Waals surface area contributed by atoms with Crippen molar-refractivity contribution in [1.82, 2.24) is 0 Å². The number of hydrogen-bond donors (Lipinski definition) is 1. The molecular formula is C28H25Cl2NO6. The van der Waals surface area contributed by atoms with Crippen LogP contribution < -0.4 is 19.1 Å². The molecule has 4 rings (SSSR count). The third-order valence-corrected chi connectivity index (χ3v) is 6.65. The summed E-state index contributed by atoms with van der Waals surface area (Å²) in [6, 6.07) is 14.7. The summed E-state index contributed by atoms with van der Waals surface area (Å²) >= 11 is 12.8. The number of Topliss-reactive ketones (excluding diaryl/α,β-unsaturated/α-hetero) is 1. The number of nitrogens with zero attached hydrogens (tertiary/aromatic N) is 1. The Bertz CT molecular complexity index is 1400. The third kappa shape index (κ3) is 4.72. The molecule has 3 aromatic rings. The van der Waals surface area contributed by atoms with Gasteiger partial charge in [-0.1, -0.05) is 47.5 Å². The molecule has 0 spiro atoms. The smallest absolute Gasteiger partial charge is 0.300 e. The van der Waals surface area contributed by atoms with Crippen molar-refractivity contribution in [2.45, 2.75) is 19.9 Å². The molecule has 7 nitrogen and oxygen atoms in total. The number of aryl methyl sites for hydroxylation is 1. The van der Waals surface area contributed by atoms with Gasteiger partial charge in [0.2, 0.25) is 0 Å². The van der Waals surface area contributed by atoms with Crippen LogP contribution in [-0.4, -0.2) is 37.6 Å². The van der Waals surface area contributed by atoms with Gasteiger partial charge < -0.3 is 19.3 Å². The molecular weight excluding hydrogens is 517 g/mol. The number of aliphatic hydroxyl groups is 1. The quantitative estimate of drug-likeness (QED) is 0.213. The number of rotatable bonds is 7. The molecule has 1 saturated heterocycles. The molecule has 1 heterocycles. The fraction of sp³-hybridized carbons (Fsp3) is 0.214. The zero-order valence-electron chi connectivity index (χ0n) is 20.7. The van der Waals surface area contributed by atoms with Crippen molar-refractivity contribution >= 4 is 46.3 Å². The molecule has 1 unspecified atom stereocenters. The molecule has 1 fully saturated rings. The summed E-state index contributed by atoms with van der Waals surface area (Å²) in [4.78, 5) is 28.2. The molecule has 0 radical (unpaired) electrons. The van der Waals surface area contributed by atoms with Crippen LogP contribution in [0.4, 0.5) is 5.69 Å². The van der Waals surface area contributed by atoms with Gasteiger partial charge in [0.25, 0.3) is 11.7 Å². The van der Waals surface area contributed by atoms with Gasteiger partial charge in [-0.15, -0.1) is 0 Å². The SMILES string of the molecule is CCOc1ccc(C2/C(=C(\O)c3cc(Cl)c(OC)c(Cl)c3OC)C(=O)C(=O)N2c2cccc(C)c2)cc1. The number of anilines is 1. The lowest BCUT2D eigenvalue weighted by molar-refractivity contribution is -0.132. The molecule has 0 bridgehead atoms. The first-order valence-electron chi connectivity index (χ1n) is 11.4. The lowest BCUT2D eigenvalue weighted by Crippen LogP contribution is -2.29. The number of carbonyl (C=O) groups is 2. The minimum atomic E-state index is -0.943. The number of carbonyl (C=O) groups excluding carboxylic acids is 2. The van der Waals surface area contributed by atoms with E-state index in [2.05, 4.69) is 0 Å². The first-order chi connectivity index (χ1) is 17.7. The Hall–Kier alpha value is -3.68. The summed E-state index contributed by atoms with van der Waals surface area (Å²) in [7, 11) is 2.76. The Morgan fingerprint density at radius 1 is 1.00 bits per heavy atom. The van der Waals surface area contributed by atoms with Crippen LogP contribution in [0.1, 0.15) is 29.7 Å². The lowest BCUT2D eigenvalue weighted by atomic mass is 9.94. The molecule has 1 aliphatic heterocycles. The molecule has 0 aromatic heterocycles. The average Bonchev–Trinajstić information content (AvgIpc) is 3.14. The van der Waals surface area contributed by atoms with Crippen molar-refractivity contribution in [3.8, 4) is 17.2 Å². The van der Waals surface area contributed by atoms with Crippen LogP contribution in [0.15, 0.2) is 60.2 Å². The first kappa shape index (κ1) is 26.4. The van der Waals surface area contributed by atoms with E-state index in [0.717, 1.165) is 5.56 Å². The van der Waals surface area contributed by atoms with Gasteiger partial charge in [0.05, 0.1) is 43.0 Å². The maximum atomic E-state index is 13.5. The fourth-order valence-corrected chi connectivity index (χ4v) is 5.08. The number of benzene rings is 3. The van der Waals surface area contributed by atoms with Crippen molar-refractivity contribution in [3.63, 3.8) is 0 Å². The summed E-state index contributed by atoms with van der Waals surface area (Å²) in [5.74, 6) is -1.28. The van der Waals surface area contributed by atoms with Crippen LogP contribution in [0.3, 0.4) is 0 Å². The number of halogens is 2. The molecule has 37 heavy (non-hydrogen) atoms. The van der Waals surface area contributed by atoms with Crippen LogP contribution in [0.25, 0.3) is 5.76 Å². The maximum Gasteiger partial charge on any atom is 0.300 e. The fourth-order valence-electron chi connectivity index (χ4n) is 4.40. The Kier molecular flexibility index (Phi) is 7.66. The van der Waals surface area contributed by atoms with E-state index in [0.29, 0.717) is 23.6 Å². The molecule has 9 heteroatoms. The van der Waals surface area contributed by atoms with E-state index in [-0.39, 0.29) is 32.7 Å². The second-order valence-electron chi connectivity index (χ2n) is 8.30. The zero-order chi connectivity index (χ0) is 26.9. The van der Waals surface area contributed by atoms with Gasteiger partial charge in [-0.05, 0) is 55.3 Å². The van der Waals surface area contributed by atoms with E-state index >= 15 is 0 Å². The minimum absolute atomic E-state index is 0.0181. The second kappa shape index (κ2) is 10.7. The third-order valence-electron chi connectivity index (χ3n) is 6.03. The molecule has 0 saturated carbocycles. The van der Waals surface area contributed by atoms with E-state index in [9.17, 15) is 14.7 Å². The number of aliphatic hydroxyl groups excluding tert-OH is 1. The minimum Gasteiger partial charge on any atom is -0.507 e. The van der Waals surface area contributed by atoms with Crippen molar-refractivity contribution < 1.29 is 28.9 Å². The summed E-state index contributed by atoms with van der Waals surface area (Å²) in [6.45, 7) is 4.25. The highest BCUT2D eigenvalue weighted by Gasteiger charge is 2.47. The summed E-state index contributed by atoms with van der Waals surface area (Å²) in [5, 5.41) is 11.7. The standard InChI is InChI=1S/C28H25Cl2NO6/c1-5-37-18-11-9-16(10-12-18)23-21(25(33)28(34)31(23)17-8-6-7-15(2)13-17)24(32)19-14-20(29)27(36-4)22(30)26(19)35-3/h6-14,23,32H,5H2,1-4H3/b24-21+. The Morgan fingerprint density at radius 3 is 2.27 bits per heavy atom. The average molecular weight is 542 g/mol. The van der Waals surface area contributed by atoms with Crippen LogP contribution in [0, 0.1) is 6.92 Å². The molecule has 1 N–H and O–H groups in total. The molecule has 192 valence electrons. The highest BCUT2D eigenvalue weighted by atomic mass is 35.5. The van der Waals surface area contributed by atoms with Crippen molar-refractivity contribution in [3.05, 3.63) is 86.9 Å². The van der Waals surface area contributed by atoms with Gasteiger partial charge in [-0.25, -0.2) is 0 Å². The van der Waals surface area contributed by atoms with Crippen molar-refractivity contribution in [2.24, 2.45) is 0 Å². The van der Waals surface area contributed by atoms with Gasteiger partial charge in [0.1, 0.15) is 16.5 Å². The Balaban J connectivity index is 1.99. The molecule has 1 atom stereocenters. The summed E-state index contributed by atoms with van der Waals surface area (Å²) < 4.78 is 16.2. The van der Waals surface area contributed by atoms with Crippen LogP contribution in [0.5, 0.6) is 17.2 Å². The van der Waals surface area contributed by atoms with Gasteiger partial charge in [0, 0.05) is 5.69 Å². The van der Waals surface area contributed by atoms with Gasteiger partial charge in [0.15, 0.2) is 11.5 Å². The second-order valence-corrected chi connectivity index (χ2v) is 9.08. The summed E-state index contributed by atoms with van der Waals surface area (Å²) in [6.07, 6.45) is 0. The van der Waals surface area contributed by atoms with E-state index in [4.69, 9.17) is 37.4 Å². The van der Waals surface area contributed by atoms with E-state index in [1.807, 2.05) is 19.9 Å². The van der Waals surface area contributed by atoms with Gasteiger partial charge in [-0.3, -0.25) is 14.5 Å². The van der Waals surface area contributed by atoms with Crippen LogP contribution in [0.2, 0.25) is 10.0 Å². The van der Waals surface area contributed by atoms with E-state index < -0.39 is 23.5 Å². The highest BCUT2D eigenvalue weighted by Crippen LogP contribution is 2.48. The predicted molar refractivity (Wildman–Crippen MR) is 143 cm³/mol. The molecule has 0 aliphatic carbocycles.